The van der Waals surface area contributed by atoms with E-state index in [1.165, 1.54) is 11.9 Å². The summed E-state index contributed by atoms with van der Waals surface area (Å²) in [5, 5.41) is 0.570. The fourth-order valence-corrected chi connectivity index (χ4v) is 1.69. The van der Waals surface area contributed by atoms with E-state index in [1.807, 2.05) is 0 Å². The van der Waals surface area contributed by atoms with Crippen LogP contribution in [0.4, 0.5) is 13.2 Å². The molecule has 0 bridgehead atoms. The Morgan fingerprint density at radius 2 is 1.70 bits per heavy atom. The summed E-state index contributed by atoms with van der Waals surface area (Å²) >= 11 is 5.74. The number of alkyl halides is 3. The van der Waals surface area contributed by atoms with Gasteiger partial charge in [0.25, 0.3) is 0 Å². The molecule has 0 aliphatic rings. The minimum atomic E-state index is -4.40. The lowest BCUT2D eigenvalue weighted by atomic mass is 9.88. The Labute approximate surface area is 121 Å². The van der Waals surface area contributed by atoms with E-state index in [0.717, 1.165) is 19.4 Å². The maximum atomic E-state index is 12.7. The first-order valence-corrected chi connectivity index (χ1v) is 6.46. The Kier molecular flexibility index (Phi) is 5.08. The van der Waals surface area contributed by atoms with Gasteiger partial charge in [0, 0.05) is 25.0 Å². The highest BCUT2D eigenvalue weighted by Crippen LogP contribution is 2.40. The lowest BCUT2D eigenvalue weighted by molar-refractivity contribution is -0.215. The van der Waals surface area contributed by atoms with Crippen LogP contribution in [0.15, 0.2) is 24.3 Å². The number of hydrogen-bond donors (Lipinski definition) is 0. The highest BCUT2D eigenvalue weighted by molar-refractivity contribution is 6.30. The molecule has 1 aromatic carbocycles. The molecule has 0 N–H and O–H groups in total. The van der Waals surface area contributed by atoms with Gasteiger partial charge >= 0.3 is 6.18 Å². The van der Waals surface area contributed by atoms with Crippen molar-refractivity contribution in [3.05, 3.63) is 34.9 Å². The third kappa shape index (κ3) is 4.40. The van der Waals surface area contributed by atoms with E-state index in [1.54, 1.807) is 24.3 Å². The van der Waals surface area contributed by atoms with Gasteiger partial charge in [0.1, 0.15) is 0 Å². The smallest absolute Gasteiger partial charge is 0.341 e. The average Bonchev–Trinajstić information content (AvgIpc) is 2.30. The Bertz CT molecular complexity index is 468. The van der Waals surface area contributed by atoms with Crippen LogP contribution in [0.2, 0.25) is 5.02 Å². The van der Waals surface area contributed by atoms with Gasteiger partial charge in [-0.2, -0.15) is 13.2 Å². The molecule has 0 unspecified atom stereocenters. The normalized spacial score (nSPS) is 12.3. The zero-order valence-electron chi connectivity index (χ0n) is 11.6. The predicted octanol–water partition coefficient (Wildman–Crippen LogP) is 4.28. The number of halogens is 4. The lowest BCUT2D eigenvalue weighted by Gasteiger charge is -2.29. The highest BCUT2D eigenvalue weighted by Gasteiger charge is 2.48. The maximum absolute atomic E-state index is 12.7. The van der Waals surface area contributed by atoms with Gasteiger partial charge in [-0.25, -0.2) is 0 Å². The number of amides is 1. The minimum Gasteiger partial charge on any atom is -0.341 e. The minimum absolute atomic E-state index is 0.254. The fraction of sp³-hybridized carbons (Fsp3) is 0.500. The van der Waals surface area contributed by atoms with Gasteiger partial charge in [0.15, 0.2) is 0 Å². The first kappa shape index (κ1) is 16.8. The molecule has 0 radical (unpaired) electrons. The van der Waals surface area contributed by atoms with Crippen molar-refractivity contribution in [2.45, 2.75) is 33.0 Å². The van der Waals surface area contributed by atoms with E-state index in [-0.39, 0.29) is 6.54 Å². The Morgan fingerprint density at radius 1 is 1.20 bits per heavy atom. The van der Waals surface area contributed by atoms with E-state index < -0.39 is 23.9 Å². The number of rotatable bonds is 4. The van der Waals surface area contributed by atoms with Crippen LogP contribution in [0.1, 0.15) is 25.8 Å². The van der Waals surface area contributed by atoms with Crippen LogP contribution in [0, 0.1) is 5.41 Å². The molecule has 0 aromatic heterocycles. The molecule has 0 aliphatic heterocycles. The Hall–Kier alpha value is -1.23. The van der Waals surface area contributed by atoms with Crippen LogP contribution in [0.25, 0.3) is 0 Å². The molecule has 20 heavy (non-hydrogen) atoms. The van der Waals surface area contributed by atoms with Crippen molar-refractivity contribution < 1.29 is 18.0 Å². The molecule has 0 fully saturated rings. The predicted molar refractivity (Wildman–Crippen MR) is 72.4 cm³/mol. The zero-order chi connectivity index (χ0) is 15.6. The summed E-state index contributed by atoms with van der Waals surface area (Å²) in [5.74, 6) is -0.540. The number of carbonyl (C=O) groups is 1. The number of benzene rings is 1. The summed E-state index contributed by atoms with van der Waals surface area (Å²) in [4.78, 5) is 13.2. The second kappa shape index (κ2) is 6.04. The summed E-state index contributed by atoms with van der Waals surface area (Å²) in [6.07, 6.45) is -4.97. The van der Waals surface area contributed by atoms with Gasteiger partial charge in [-0.05, 0) is 17.7 Å². The van der Waals surface area contributed by atoms with Gasteiger partial charge in [-0.3, -0.25) is 4.79 Å². The van der Waals surface area contributed by atoms with Crippen molar-refractivity contribution in [3.8, 4) is 0 Å². The molecule has 0 spiro atoms. The molecular weight excluding hydrogens is 291 g/mol. The summed E-state index contributed by atoms with van der Waals surface area (Å²) in [6.45, 7) is 2.31. The molecule has 0 heterocycles. The Morgan fingerprint density at radius 3 is 2.15 bits per heavy atom. The SMILES string of the molecule is CN(Cc1ccc(Cl)cc1)C(=O)CC(C)(C)C(F)(F)F. The molecular formula is C14H17ClF3NO. The first-order chi connectivity index (χ1) is 9.03. The Balaban J connectivity index is 2.66. The average molecular weight is 308 g/mol. The standard InChI is InChI=1S/C14H17ClF3NO/c1-13(2,14(16,17)18)8-12(20)19(3)9-10-4-6-11(15)7-5-10/h4-7H,8-9H2,1-3H3. The lowest BCUT2D eigenvalue weighted by Crippen LogP contribution is -2.38. The van der Waals surface area contributed by atoms with Crippen LogP contribution < -0.4 is 0 Å². The van der Waals surface area contributed by atoms with E-state index >= 15 is 0 Å². The van der Waals surface area contributed by atoms with Gasteiger partial charge in [-0.1, -0.05) is 37.6 Å². The van der Waals surface area contributed by atoms with Gasteiger partial charge in [0.2, 0.25) is 5.91 Å². The summed E-state index contributed by atoms with van der Waals surface area (Å²) in [7, 11) is 1.49. The molecule has 0 saturated carbocycles. The van der Waals surface area contributed by atoms with Crippen LogP contribution >= 0.6 is 11.6 Å². The second-order valence-corrected chi connectivity index (χ2v) is 5.87. The van der Waals surface area contributed by atoms with Crippen LogP contribution in [0.5, 0.6) is 0 Å². The van der Waals surface area contributed by atoms with Crippen LogP contribution in [-0.4, -0.2) is 24.0 Å². The van der Waals surface area contributed by atoms with E-state index in [9.17, 15) is 18.0 Å². The molecule has 1 rings (SSSR count). The van der Waals surface area contributed by atoms with E-state index in [2.05, 4.69) is 0 Å². The summed E-state index contributed by atoms with van der Waals surface area (Å²) in [5.41, 5.74) is -1.21. The van der Waals surface area contributed by atoms with Crippen molar-refractivity contribution >= 4 is 17.5 Å². The molecule has 6 heteroatoms. The quantitative estimate of drug-likeness (QED) is 0.813. The topological polar surface area (TPSA) is 20.3 Å². The highest BCUT2D eigenvalue weighted by atomic mass is 35.5. The molecule has 1 amide bonds. The monoisotopic (exact) mass is 307 g/mol. The van der Waals surface area contributed by atoms with Crippen molar-refractivity contribution in [1.82, 2.24) is 4.90 Å². The summed E-state index contributed by atoms with van der Waals surface area (Å²) in [6, 6.07) is 6.83. The molecule has 2 nitrogen and oxygen atoms in total. The molecule has 0 atom stereocenters. The molecule has 112 valence electrons. The first-order valence-electron chi connectivity index (χ1n) is 6.08. The van der Waals surface area contributed by atoms with Crippen molar-refractivity contribution in [2.24, 2.45) is 5.41 Å². The fourth-order valence-electron chi connectivity index (χ4n) is 1.57. The molecule has 0 saturated heterocycles. The maximum Gasteiger partial charge on any atom is 0.394 e. The number of carbonyl (C=O) groups excluding carboxylic acids is 1. The molecule has 0 aliphatic carbocycles. The van der Waals surface area contributed by atoms with E-state index in [4.69, 9.17) is 11.6 Å². The molecule has 1 aromatic rings. The van der Waals surface area contributed by atoms with Crippen LogP contribution in [-0.2, 0) is 11.3 Å². The van der Waals surface area contributed by atoms with Crippen molar-refractivity contribution in [1.29, 1.82) is 0 Å². The van der Waals surface area contributed by atoms with Crippen molar-refractivity contribution in [3.63, 3.8) is 0 Å². The zero-order valence-corrected chi connectivity index (χ0v) is 12.3. The van der Waals surface area contributed by atoms with Crippen molar-refractivity contribution in [2.75, 3.05) is 7.05 Å². The van der Waals surface area contributed by atoms with Gasteiger partial charge in [-0.15, -0.1) is 0 Å². The van der Waals surface area contributed by atoms with Gasteiger partial charge in [0.05, 0.1) is 5.41 Å². The number of nitrogens with zero attached hydrogens (tertiary/aromatic N) is 1. The van der Waals surface area contributed by atoms with Gasteiger partial charge < -0.3 is 4.90 Å². The third-order valence-electron chi connectivity index (χ3n) is 3.12. The van der Waals surface area contributed by atoms with Crippen LogP contribution in [0.3, 0.4) is 0 Å². The largest absolute Gasteiger partial charge is 0.394 e. The van der Waals surface area contributed by atoms with E-state index in [0.29, 0.717) is 5.02 Å². The summed E-state index contributed by atoms with van der Waals surface area (Å²) < 4.78 is 38.2. The second-order valence-electron chi connectivity index (χ2n) is 5.43. The number of hydrogen-bond acceptors (Lipinski definition) is 1. The third-order valence-corrected chi connectivity index (χ3v) is 3.37.